The van der Waals surface area contributed by atoms with Gasteiger partial charge in [0.25, 0.3) is 0 Å². The van der Waals surface area contributed by atoms with E-state index in [4.69, 9.17) is 0 Å². The lowest BCUT2D eigenvalue weighted by atomic mass is 9.97. The maximum Gasteiger partial charge on any atom is 0.243 e. The first-order valence-corrected chi connectivity index (χ1v) is 12.8. The summed E-state index contributed by atoms with van der Waals surface area (Å²) < 4.78 is 28.0. The van der Waals surface area contributed by atoms with Crippen molar-refractivity contribution in [3.63, 3.8) is 0 Å². The minimum Gasteiger partial charge on any atom is -0.326 e. The highest BCUT2D eigenvalue weighted by molar-refractivity contribution is 7.89. The van der Waals surface area contributed by atoms with Crippen molar-refractivity contribution in [3.8, 4) is 0 Å². The fourth-order valence-electron chi connectivity index (χ4n) is 4.86. The van der Waals surface area contributed by atoms with Crippen molar-refractivity contribution in [1.29, 1.82) is 0 Å². The highest BCUT2D eigenvalue weighted by Crippen LogP contribution is 2.35. The predicted molar refractivity (Wildman–Crippen MR) is 129 cm³/mol. The molecule has 0 saturated carbocycles. The van der Waals surface area contributed by atoms with Crippen molar-refractivity contribution in [3.05, 3.63) is 53.1 Å². The van der Waals surface area contributed by atoms with Crippen molar-refractivity contribution in [2.45, 2.75) is 57.9 Å². The van der Waals surface area contributed by atoms with E-state index in [1.165, 1.54) is 11.2 Å². The summed E-state index contributed by atoms with van der Waals surface area (Å²) in [5.74, 6) is -0.323. The molecule has 0 unspecified atom stereocenters. The Bertz CT molecular complexity index is 1200. The molecular weight excluding hydrogens is 438 g/mol. The molecule has 2 aliphatic rings. The summed E-state index contributed by atoms with van der Waals surface area (Å²) in [5.41, 5.74) is 4.55. The van der Waals surface area contributed by atoms with E-state index < -0.39 is 10.0 Å². The number of anilines is 2. The average molecular weight is 470 g/mol. The van der Waals surface area contributed by atoms with Crippen LogP contribution in [-0.4, -0.2) is 43.7 Å². The zero-order valence-electron chi connectivity index (χ0n) is 19.6. The van der Waals surface area contributed by atoms with Gasteiger partial charge in [0.1, 0.15) is 0 Å². The average Bonchev–Trinajstić information content (AvgIpc) is 3.11. The Hall–Kier alpha value is -2.71. The van der Waals surface area contributed by atoms with Gasteiger partial charge in [-0.25, -0.2) is 8.42 Å². The predicted octanol–water partition coefficient (Wildman–Crippen LogP) is 3.64. The molecule has 1 fully saturated rings. The molecule has 33 heavy (non-hydrogen) atoms. The quantitative estimate of drug-likeness (QED) is 0.741. The summed E-state index contributed by atoms with van der Waals surface area (Å²) in [6.07, 6.45) is 1.60. The standard InChI is InChI=1S/C25H31N3O4S/c1-16-5-6-17(2)23(13-16)26-25(30)20-9-11-27(12-10-20)33(31,32)22-7-8-24-21(15-22)14-18(3)28(24)19(4)29/h5-8,13,15,18,20H,9-12,14H2,1-4H3,(H,26,30)/t18-/m0/s1. The number of amides is 2. The number of hydrogen-bond acceptors (Lipinski definition) is 4. The Labute approximate surface area is 195 Å². The first-order chi connectivity index (χ1) is 15.6. The molecule has 176 valence electrons. The van der Waals surface area contributed by atoms with Crippen LogP contribution in [0.2, 0.25) is 0 Å². The van der Waals surface area contributed by atoms with E-state index in [2.05, 4.69) is 5.32 Å². The third-order valence-electron chi connectivity index (χ3n) is 6.72. The third kappa shape index (κ3) is 4.54. The van der Waals surface area contributed by atoms with Crippen molar-refractivity contribution in [2.75, 3.05) is 23.3 Å². The molecule has 1 saturated heterocycles. The van der Waals surface area contributed by atoms with Gasteiger partial charge < -0.3 is 10.2 Å². The smallest absolute Gasteiger partial charge is 0.243 e. The molecule has 4 rings (SSSR count). The fourth-order valence-corrected chi connectivity index (χ4v) is 6.38. The number of hydrogen-bond donors (Lipinski definition) is 1. The van der Waals surface area contributed by atoms with E-state index in [0.29, 0.717) is 32.4 Å². The first kappa shape index (κ1) is 23.4. The van der Waals surface area contributed by atoms with E-state index >= 15 is 0 Å². The lowest BCUT2D eigenvalue weighted by molar-refractivity contribution is -0.121. The summed E-state index contributed by atoms with van der Waals surface area (Å²) in [6.45, 7) is 8.04. The number of benzene rings is 2. The summed E-state index contributed by atoms with van der Waals surface area (Å²) >= 11 is 0. The number of carbonyl (C=O) groups is 2. The maximum atomic E-state index is 13.3. The van der Waals surface area contributed by atoms with Crippen LogP contribution in [0, 0.1) is 19.8 Å². The maximum absolute atomic E-state index is 13.3. The second-order valence-electron chi connectivity index (χ2n) is 9.22. The monoisotopic (exact) mass is 469 g/mol. The van der Waals surface area contributed by atoms with Crippen molar-refractivity contribution in [2.24, 2.45) is 5.92 Å². The Kier molecular flexibility index (Phi) is 6.33. The van der Waals surface area contributed by atoms with Gasteiger partial charge in [-0.1, -0.05) is 12.1 Å². The van der Waals surface area contributed by atoms with Gasteiger partial charge in [0.05, 0.1) is 4.90 Å². The van der Waals surface area contributed by atoms with E-state index in [-0.39, 0.29) is 28.7 Å². The lowest BCUT2D eigenvalue weighted by Gasteiger charge is -2.30. The molecule has 2 aliphatic heterocycles. The van der Waals surface area contributed by atoms with Gasteiger partial charge in [-0.3, -0.25) is 9.59 Å². The number of aryl methyl sites for hydroxylation is 2. The van der Waals surface area contributed by atoms with Crippen LogP contribution in [0.15, 0.2) is 41.3 Å². The van der Waals surface area contributed by atoms with Crippen LogP contribution in [-0.2, 0) is 26.0 Å². The van der Waals surface area contributed by atoms with E-state index in [0.717, 1.165) is 28.1 Å². The Morgan fingerprint density at radius 2 is 1.73 bits per heavy atom. The molecule has 1 atom stereocenters. The molecule has 8 heteroatoms. The van der Waals surface area contributed by atoms with E-state index in [1.54, 1.807) is 23.1 Å². The van der Waals surface area contributed by atoms with Crippen LogP contribution in [0.1, 0.15) is 43.4 Å². The van der Waals surface area contributed by atoms with Crippen LogP contribution < -0.4 is 10.2 Å². The second kappa shape index (κ2) is 8.91. The van der Waals surface area contributed by atoms with Crippen LogP contribution in [0.25, 0.3) is 0 Å². The third-order valence-corrected chi connectivity index (χ3v) is 8.61. The summed E-state index contributed by atoms with van der Waals surface area (Å²) in [5, 5.41) is 3.01. The first-order valence-electron chi connectivity index (χ1n) is 11.4. The number of fused-ring (bicyclic) bond motifs is 1. The number of nitrogens with zero attached hydrogens (tertiary/aromatic N) is 2. The molecule has 2 heterocycles. The van der Waals surface area contributed by atoms with Crippen LogP contribution >= 0.6 is 0 Å². The van der Waals surface area contributed by atoms with Gasteiger partial charge >= 0.3 is 0 Å². The van der Waals surface area contributed by atoms with Gasteiger partial charge in [0.2, 0.25) is 21.8 Å². The molecule has 2 aromatic rings. The highest BCUT2D eigenvalue weighted by Gasteiger charge is 2.34. The van der Waals surface area contributed by atoms with Gasteiger partial charge in [-0.05, 0) is 81.0 Å². The van der Waals surface area contributed by atoms with Crippen molar-refractivity contribution < 1.29 is 18.0 Å². The highest BCUT2D eigenvalue weighted by atomic mass is 32.2. The normalized spacial score (nSPS) is 19.4. The summed E-state index contributed by atoms with van der Waals surface area (Å²) in [6, 6.07) is 11.0. The largest absolute Gasteiger partial charge is 0.326 e. The molecule has 7 nitrogen and oxygen atoms in total. The molecule has 2 aromatic carbocycles. The second-order valence-corrected chi connectivity index (χ2v) is 11.2. The van der Waals surface area contributed by atoms with Gasteiger partial charge in [0.15, 0.2) is 0 Å². The molecule has 0 radical (unpaired) electrons. The minimum atomic E-state index is -3.66. The van der Waals surface area contributed by atoms with Crippen molar-refractivity contribution >= 4 is 33.2 Å². The molecule has 0 aromatic heterocycles. The Morgan fingerprint density at radius 3 is 2.39 bits per heavy atom. The number of nitrogens with one attached hydrogen (secondary N) is 1. The Balaban J connectivity index is 1.43. The van der Waals surface area contributed by atoms with Crippen molar-refractivity contribution in [1.82, 2.24) is 4.31 Å². The fraction of sp³-hybridized carbons (Fsp3) is 0.440. The van der Waals surface area contributed by atoms with E-state index in [9.17, 15) is 18.0 Å². The Morgan fingerprint density at radius 1 is 1.03 bits per heavy atom. The van der Waals surface area contributed by atoms with Crippen LogP contribution in [0.4, 0.5) is 11.4 Å². The number of carbonyl (C=O) groups excluding carboxylic acids is 2. The molecule has 0 aliphatic carbocycles. The number of sulfonamides is 1. The van der Waals surface area contributed by atoms with Crippen LogP contribution in [0.3, 0.4) is 0 Å². The number of rotatable bonds is 4. The zero-order valence-corrected chi connectivity index (χ0v) is 20.4. The minimum absolute atomic E-state index is 0.0155. The van der Waals surface area contributed by atoms with Gasteiger partial charge in [-0.15, -0.1) is 0 Å². The molecular formula is C25H31N3O4S. The molecule has 0 bridgehead atoms. The lowest BCUT2D eigenvalue weighted by Crippen LogP contribution is -2.41. The van der Waals surface area contributed by atoms with Crippen LogP contribution in [0.5, 0.6) is 0 Å². The van der Waals surface area contributed by atoms with Gasteiger partial charge in [-0.2, -0.15) is 4.31 Å². The summed E-state index contributed by atoms with van der Waals surface area (Å²) in [4.78, 5) is 26.7. The molecule has 1 N–H and O–H groups in total. The topological polar surface area (TPSA) is 86.8 Å². The molecule has 2 amide bonds. The van der Waals surface area contributed by atoms with E-state index in [1.807, 2.05) is 39.0 Å². The number of piperidine rings is 1. The van der Waals surface area contributed by atoms with Gasteiger partial charge in [0, 0.05) is 43.3 Å². The molecule has 0 spiro atoms. The zero-order chi connectivity index (χ0) is 23.9. The summed E-state index contributed by atoms with van der Waals surface area (Å²) in [7, 11) is -3.66. The SMILES string of the molecule is CC(=O)N1c2ccc(S(=O)(=O)N3CCC(C(=O)Nc4cc(C)ccc4C)CC3)cc2C[C@@H]1C.